The molecule has 1 heterocycles. The minimum atomic E-state index is -0.796. The second-order valence-corrected chi connectivity index (χ2v) is 5.69. The van der Waals surface area contributed by atoms with Gasteiger partial charge in [-0.25, -0.2) is 0 Å². The van der Waals surface area contributed by atoms with Gasteiger partial charge in [-0.05, 0) is 44.5 Å². The number of nitrogens with one attached hydrogen (secondary N) is 1. The van der Waals surface area contributed by atoms with Crippen molar-refractivity contribution >= 4 is 30.0 Å². The molecule has 1 fully saturated rings. The number of amides is 1. The molecule has 1 amide bonds. The molecular formula is C16H23ClN2O4. The van der Waals surface area contributed by atoms with Gasteiger partial charge in [0.1, 0.15) is 5.75 Å². The van der Waals surface area contributed by atoms with Gasteiger partial charge >= 0.3 is 5.97 Å². The highest BCUT2D eigenvalue weighted by Gasteiger charge is 2.33. The van der Waals surface area contributed by atoms with Crippen molar-refractivity contribution in [1.82, 2.24) is 4.90 Å². The number of carboxylic acid groups (broad SMARTS) is 1. The normalized spacial score (nSPS) is 18.8. The lowest BCUT2D eigenvalue weighted by atomic mass is 10.1. The first kappa shape index (κ1) is 19.3. The lowest BCUT2D eigenvalue weighted by molar-refractivity contribution is -0.141. The number of benzene rings is 1. The number of rotatable bonds is 5. The molecule has 0 aliphatic carbocycles. The minimum Gasteiger partial charge on any atom is -0.495 e. The van der Waals surface area contributed by atoms with Crippen LogP contribution in [0.5, 0.6) is 5.75 Å². The van der Waals surface area contributed by atoms with E-state index in [9.17, 15) is 9.59 Å². The number of aliphatic carboxylic acids is 1. The van der Waals surface area contributed by atoms with Crippen LogP contribution in [0.25, 0.3) is 0 Å². The Hall–Kier alpha value is -1.79. The van der Waals surface area contributed by atoms with Crippen LogP contribution >= 0.6 is 12.4 Å². The van der Waals surface area contributed by atoms with Crippen LogP contribution in [0, 0.1) is 12.8 Å². The number of ether oxygens (including phenoxy) is 1. The average Bonchev–Trinajstić information content (AvgIpc) is 2.96. The zero-order valence-electron chi connectivity index (χ0n) is 13.5. The lowest BCUT2D eigenvalue weighted by Gasteiger charge is -2.23. The third kappa shape index (κ3) is 4.59. The van der Waals surface area contributed by atoms with Crippen LogP contribution in [0.3, 0.4) is 0 Å². The summed E-state index contributed by atoms with van der Waals surface area (Å²) in [6.45, 7) is 4.77. The average molecular weight is 343 g/mol. The third-order valence-corrected chi connectivity index (χ3v) is 4.11. The number of aryl methyl sites for hydroxylation is 1. The van der Waals surface area contributed by atoms with E-state index in [1.165, 1.54) is 0 Å². The summed E-state index contributed by atoms with van der Waals surface area (Å²) in [6.07, 6.45) is 0.584. The van der Waals surface area contributed by atoms with Crippen molar-refractivity contribution in [3.05, 3.63) is 23.8 Å². The van der Waals surface area contributed by atoms with Gasteiger partial charge in [-0.3, -0.25) is 14.5 Å². The van der Waals surface area contributed by atoms with E-state index in [1.54, 1.807) is 14.0 Å². The summed E-state index contributed by atoms with van der Waals surface area (Å²) in [5, 5.41) is 11.9. The van der Waals surface area contributed by atoms with Gasteiger partial charge in [-0.1, -0.05) is 6.07 Å². The van der Waals surface area contributed by atoms with Crippen molar-refractivity contribution in [2.75, 3.05) is 25.5 Å². The number of likely N-dealkylation sites (tertiary alicyclic amines) is 1. The highest BCUT2D eigenvalue weighted by molar-refractivity contribution is 5.96. The summed E-state index contributed by atoms with van der Waals surface area (Å²) in [4.78, 5) is 25.3. The topological polar surface area (TPSA) is 78.9 Å². The van der Waals surface area contributed by atoms with Gasteiger partial charge in [-0.15, -0.1) is 12.4 Å². The molecule has 0 saturated carbocycles. The maximum absolute atomic E-state index is 12.4. The van der Waals surface area contributed by atoms with Gasteiger partial charge in [0, 0.05) is 6.54 Å². The number of halogens is 1. The van der Waals surface area contributed by atoms with E-state index in [2.05, 4.69) is 5.32 Å². The molecular weight excluding hydrogens is 320 g/mol. The second-order valence-electron chi connectivity index (χ2n) is 5.69. The van der Waals surface area contributed by atoms with Crippen molar-refractivity contribution in [2.24, 2.45) is 5.92 Å². The van der Waals surface area contributed by atoms with E-state index >= 15 is 0 Å². The summed E-state index contributed by atoms with van der Waals surface area (Å²) in [5.74, 6) is -0.731. The number of carbonyl (C=O) groups excluding carboxylic acids is 1. The van der Waals surface area contributed by atoms with Gasteiger partial charge < -0.3 is 15.2 Å². The number of hydrogen-bond donors (Lipinski definition) is 2. The fraction of sp³-hybridized carbons (Fsp3) is 0.500. The van der Waals surface area contributed by atoms with Crippen molar-refractivity contribution < 1.29 is 19.4 Å². The maximum Gasteiger partial charge on any atom is 0.307 e. The summed E-state index contributed by atoms with van der Waals surface area (Å²) in [6, 6.07) is 5.20. The van der Waals surface area contributed by atoms with Gasteiger partial charge in [0.05, 0.1) is 24.8 Å². The number of nitrogens with zero attached hydrogens (tertiary/aromatic N) is 1. The number of carboxylic acids is 1. The zero-order valence-corrected chi connectivity index (χ0v) is 14.4. The lowest BCUT2D eigenvalue weighted by Crippen LogP contribution is -2.41. The molecule has 2 unspecified atom stereocenters. The number of carbonyl (C=O) groups is 2. The Balaban J connectivity index is 0.00000264. The summed E-state index contributed by atoms with van der Waals surface area (Å²) in [5.41, 5.74) is 1.66. The predicted octanol–water partition coefficient (Wildman–Crippen LogP) is 2.16. The molecule has 2 atom stereocenters. The first-order chi connectivity index (χ1) is 10.4. The number of hydrogen-bond acceptors (Lipinski definition) is 4. The van der Waals surface area contributed by atoms with Crippen LogP contribution in [0.2, 0.25) is 0 Å². The highest BCUT2D eigenvalue weighted by atomic mass is 35.5. The van der Waals surface area contributed by atoms with Gasteiger partial charge in [-0.2, -0.15) is 0 Å². The Morgan fingerprint density at radius 1 is 1.43 bits per heavy atom. The molecule has 7 heteroatoms. The van der Waals surface area contributed by atoms with Crippen LogP contribution in [-0.4, -0.2) is 48.1 Å². The fourth-order valence-electron chi connectivity index (χ4n) is 2.66. The van der Waals surface area contributed by atoms with E-state index in [0.29, 0.717) is 30.9 Å². The molecule has 0 radical (unpaired) electrons. The molecule has 1 aliphatic rings. The molecule has 0 aromatic heterocycles. The summed E-state index contributed by atoms with van der Waals surface area (Å²) >= 11 is 0. The van der Waals surface area contributed by atoms with Crippen molar-refractivity contribution in [2.45, 2.75) is 26.3 Å². The SMILES string of the molecule is COc1ccc(C)cc1NC(=O)C(C)N1CCC(C(=O)O)C1.Cl. The van der Waals surface area contributed by atoms with Crippen molar-refractivity contribution in [1.29, 1.82) is 0 Å². The summed E-state index contributed by atoms with van der Waals surface area (Å²) < 4.78 is 5.25. The molecule has 6 nitrogen and oxygen atoms in total. The molecule has 0 bridgehead atoms. The molecule has 0 spiro atoms. The molecule has 23 heavy (non-hydrogen) atoms. The Morgan fingerprint density at radius 2 is 2.13 bits per heavy atom. The molecule has 2 rings (SSSR count). The molecule has 1 aromatic rings. The monoisotopic (exact) mass is 342 g/mol. The largest absolute Gasteiger partial charge is 0.495 e. The maximum atomic E-state index is 12.4. The number of methoxy groups -OCH3 is 1. The fourth-order valence-corrected chi connectivity index (χ4v) is 2.66. The van der Waals surface area contributed by atoms with E-state index in [0.717, 1.165) is 5.56 Å². The van der Waals surface area contributed by atoms with E-state index in [-0.39, 0.29) is 30.3 Å². The van der Waals surface area contributed by atoms with Gasteiger partial charge in [0.25, 0.3) is 0 Å². The van der Waals surface area contributed by atoms with E-state index < -0.39 is 5.97 Å². The van der Waals surface area contributed by atoms with Crippen LogP contribution in [-0.2, 0) is 9.59 Å². The zero-order chi connectivity index (χ0) is 16.3. The Labute approximate surface area is 142 Å². The molecule has 1 aromatic carbocycles. The van der Waals surface area contributed by atoms with Crippen molar-refractivity contribution in [3.8, 4) is 5.75 Å². The quantitative estimate of drug-likeness (QED) is 0.857. The van der Waals surface area contributed by atoms with Crippen LogP contribution in [0.1, 0.15) is 18.9 Å². The second kappa shape index (κ2) is 8.17. The first-order valence-corrected chi connectivity index (χ1v) is 7.34. The van der Waals surface area contributed by atoms with Gasteiger partial charge in [0.2, 0.25) is 5.91 Å². The standard InChI is InChI=1S/C16H22N2O4.ClH/c1-10-4-5-14(22-3)13(8-10)17-15(19)11(2)18-7-6-12(9-18)16(20)21;/h4-5,8,11-12H,6-7,9H2,1-3H3,(H,17,19)(H,20,21);1H. The molecule has 1 aliphatic heterocycles. The molecule has 2 N–H and O–H groups in total. The van der Waals surface area contributed by atoms with E-state index in [1.807, 2.05) is 30.0 Å². The molecule has 1 saturated heterocycles. The Bertz CT molecular complexity index is 579. The van der Waals surface area contributed by atoms with Crippen LogP contribution < -0.4 is 10.1 Å². The van der Waals surface area contributed by atoms with Gasteiger partial charge in [0.15, 0.2) is 0 Å². The Kier molecular flexibility index (Phi) is 6.84. The molecule has 128 valence electrons. The number of anilines is 1. The first-order valence-electron chi connectivity index (χ1n) is 7.34. The highest BCUT2D eigenvalue weighted by Crippen LogP contribution is 2.26. The van der Waals surface area contributed by atoms with Crippen LogP contribution in [0.15, 0.2) is 18.2 Å². The van der Waals surface area contributed by atoms with Crippen LogP contribution in [0.4, 0.5) is 5.69 Å². The third-order valence-electron chi connectivity index (χ3n) is 4.11. The predicted molar refractivity (Wildman–Crippen MR) is 90.4 cm³/mol. The van der Waals surface area contributed by atoms with E-state index in [4.69, 9.17) is 9.84 Å². The Morgan fingerprint density at radius 3 is 2.70 bits per heavy atom. The van der Waals surface area contributed by atoms with Crippen molar-refractivity contribution in [3.63, 3.8) is 0 Å². The summed E-state index contributed by atoms with van der Waals surface area (Å²) in [7, 11) is 1.56. The minimum absolute atomic E-state index is 0. The smallest absolute Gasteiger partial charge is 0.307 e.